The molecule has 0 aromatic heterocycles. The molecule has 0 saturated heterocycles. The second kappa shape index (κ2) is 12.8. The van der Waals surface area contributed by atoms with Gasteiger partial charge in [0.15, 0.2) is 0 Å². The van der Waals surface area contributed by atoms with Crippen molar-refractivity contribution >= 4 is 0 Å². The average molecular weight is 174 g/mol. The highest BCUT2D eigenvalue weighted by Crippen LogP contribution is 1.92. The Morgan fingerprint density at radius 2 is 1.23 bits per heavy atom. The minimum atomic E-state index is 1.32. The van der Waals surface area contributed by atoms with Crippen molar-refractivity contribution < 1.29 is 0 Å². The van der Waals surface area contributed by atoms with Crippen molar-refractivity contribution in [3.63, 3.8) is 0 Å². The number of aryl methyl sites for hydroxylation is 1. The molecular formula is C11H14N2. The lowest BCUT2D eigenvalue weighted by Gasteiger charge is -1.82. The maximum atomic E-state index is 7.32. The summed E-state index contributed by atoms with van der Waals surface area (Å²) in [6, 6.07) is 13.8. The lowest BCUT2D eigenvalue weighted by atomic mass is 10.2. The largest absolute Gasteiger partial charge is 0.199 e. The molecule has 0 unspecified atom stereocenters. The average Bonchev–Trinajstić information content (AvgIpc) is 2.08. The molecule has 0 aliphatic heterocycles. The first-order valence-corrected chi connectivity index (χ1v) is 3.86. The van der Waals surface area contributed by atoms with Crippen LogP contribution in [0.25, 0.3) is 0 Å². The fourth-order valence-corrected chi connectivity index (χ4v) is 0.534. The van der Waals surface area contributed by atoms with Gasteiger partial charge in [-0.3, -0.25) is 0 Å². The normalized spacial score (nSPS) is 5.92. The third kappa shape index (κ3) is 17.8. The Morgan fingerprint density at radius 1 is 0.923 bits per heavy atom. The summed E-state index contributed by atoms with van der Waals surface area (Å²) in [4.78, 5) is 0. The van der Waals surface area contributed by atoms with Crippen LogP contribution in [0.4, 0.5) is 0 Å². The first-order chi connectivity index (χ1) is 6.22. The number of nitriles is 2. The van der Waals surface area contributed by atoms with Crippen LogP contribution in [0.5, 0.6) is 0 Å². The monoisotopic (exact) mass is 174 g/mol. The van der Waals surface area contributed by atoms with Crippen molar-refractivity contribution in [2.75, 3.05) is 0 Å². The number of nitrogens with zero attached hydrogens (tertiary/aromatic N) is 2. The van der Waals surface area contributed by atoms with Crippen molar-refractivity contribution in [2.24, 2.45) is 0 Å². The zero-order chi connectivity index (χ0) is 10.5. The molecule has 0 saturated carbocycles. The van der Waals surface area contributed by atoms with Crippen molar-refractivity contribution in [3.8, 4) is 12.1 Å². The fourth-order valence-electron chi connectivity index (χ4n) is 0.534. The van der Waals surface area contributed by atoms with Crippen LogP contribution in [0.1, 0.15) is 19.4 Å². The van der Waals surface area contributed by atoms with Gasteiger partial charge in [-0.15, -0.1) is 0 Å². The van der Waals surface area contributed by atoms with Crippen LogP contribution in [0, 0.1) is 29.6 Å². The molecule has 1 rings (SSSR count). The maximum Gasteiger partial charge on any atom is 0.0587 e. The molecule has 0 heterocycles. The summed E-state index contributed by atoms with van der Waals surface area (Å²) in [7, 11) is 0. The van der Waals surface area contributed by atoms with E-state index in [2.05, 4.69) is 19.1 Å². The summed E-state index contributed by atoms with van der Waals surface area (Å²) >= 11 is 0. The van der Waals surface area contributed by atoms with Crippen LogP contribution in [-0.4, -0.2) is 0 Å². The molecular weight excluding hydrogens is 160 g/mol. The molecule has 1 aromatic carbocycles. The second-order valence-corrected chi connectivity index (χ2v) is 2.10. The first kappa shape index (κ1) is 13.8. The van der Waals surface area contributed by atoms with Gasteiger partial charge in [-0.1, -0.05) is 35.9 Å². The Morgan fingerprint density at radius 3 is 1.38 bits per heavy atom. The van der Waals surface area contributed by atoms with Crippen molar-refractivity contribution in [1.82, 2.24) is 0 Å². The highest BCUT2D eigenvalue weighted by molar-refractivity contribution is 5.11. The molecule has 0 N–H and O–H groups in total. The van der Waals surface area contributed by atoms with Crippen LogP contribution in [-0.2, 0) is 0 Å². The standard InChI is InChI=1S/C7H8.2C2H3N/c1-7-5-3-2-4-6-7;2*1-2-3/h2-6H,1H3;2*1H3. The molecule has 13 heavy (non-hydrogen) atoms. The summed E-state index contributed by atoms with van der Waals surface area (Å²) in [5.41, 5.74) is 1.32. The van der Waals surface area contributed by atoms with E-state index in [-0.39, 0.29) is 0 Å². The summed E-state index contributed by atoms with van der Waals surface area (Å²) in [5.74, 6) is 0. The van der Waals surface area contributed by atoms with Crippen molar-refractivity contribution in [2.45, 2.75) is 20.8 Å². The third-order valence-electron chi connectivity index (χ3n) is 0.940. The van der Waals surface area contributed by atoms with Gasteiger partial charge in [-0.25, -0.2) is 0 Å². The summed E-state index contributed by atoms with van der Waals surface area (Å²) < 4.78 is 0. The van der Waals surface area contributed by atoms with E-state index < -0.39 is 0 Å². The molecule has 0 bridgehead atoms. The minimum Gasteiger partial charge on any atom is -0.199 e. The summed E-state index contributed by atoms with van der Waals surface area (Å²) in [6.07, 6.45) is 0. The highest BCUT2D eigenvalue weighted by Gasteiger charge is 1.72. The zero-order valence-electron chi connectivity index (χ0n) is 8.28. The predicted molar refractivity (Wildman–Crippen MR) is 53.8 cm³/mol. The van der Waals surface area contributed by atoms with Crippen molar-refractivity contribution in [3.05, 3.63) is 35.9 Å². The number of benzene rings is 1. The molecule has 2 nitrogen and oxygen atoms in total. The number of hydrogen-bond donors (Lipinski definition) is 0. The van der Waals surface area contributed by atoms with E-state index in [0.29, 0.717) is 0 Å². The molecule has 0 atom stereocenters. The van der Waals surface area contributed by atoms with Gasteiger partial charge in [0.1, 0.15) is 0 Å². The Labute approximate surface area is 80.1 Å². The van der Waals surface area contributed by atoms with Gasteiger partial charge in [0.2, 0.25) is 0 Å². The predicted octanol–water partition coefficient (Wildman–Crippen LogP) is 3.05. The van der Waals surface area contributed by atoms with Gasteiger partial charge < -0.3 is 0 Å². The number of hydrogen-bond acceptors (Lipinski definition) is 2. The van der Waals surface area contributed by atoms with E-state index in [4.69, 9.17) is 10.5 Å². The van der Waals surface area contributed by atoms with Crippen LogP contribution >= 0.6 is 0 Å². The molecule has 0 amide bonds. The van der Waals surface area contributed by atoms with E-state index in [1.807, 2.05) is 18.2 Å². The Hall–Kier alpha value is -1.80. The Balaban J connectivity index is 0. The number of rotatable bonds is 0. The molecule has 1 aromatic rings. The maximum absolute atomic E-state index is 7.32. The Kier molecular flexibility index (Phi) is 13.6. The second-order valence-electron chi connectivity index (χ2n) is 2.10. The minimum absolute atomic E-state index is 1.32. The van der Waals surface area contributed by atoms with Gasteiger partial charge in [-0.05, 0) is 6.92 Å². The van der Waals surface area contributed by atoms with E-state index in [0.717, 1.165) is 0 Å². The van der Waals surface area contributed by atoms with Crippen LogP contribution in [0.3, 0.4) is 0 Å². The van der Waals surface area contributed by atoms with Crippen LogP contribution < -0.4 is 0 Å². The van der Waals surface area contributed by atoms with Crippen molar-refractivity contribution in [1.29, 1.82) is 10.5 Å². The van der Waals surface area contributed by atoms with Crippen LogP contribution in [0.15, 0.2) is 30.3 Å². The topological polar surface area (TPSA) is 47.6 Å². The van der Waals surface area contributed by atoms with E-state index in [1.54, 1.807) is 12.1 Å². The summed E-state index contributed by atoms with van der Waals surface area (Å²) in [5, 5.41) is 14.6. The highest BCUT2D eigenvalue weighted by atomic mass is 14.2. The molecule has 0 aliphatic carbocycles. The quantitative estimate of drug-likeness (QED) is 0.606. The molecule has 0 radical (unpaired) electrons. The van der Waals surface area contributed by atoms with Gasteiger partial charge in [-0.2, -0.15) is 10.5 Å². The fraction of sp³-hybridized carbons (Fsp3) is 0.273. The zero-order valence-corrected chi connectivity index (χ0v) is 8.28. The Bertz CT molecular complexity index is 252. The SMILES string of the molecule is CC#N.CC#N.Cc1ccccc1. The molecule has 2 heteroatoms. The van der Waals surface area contributed by atoms with E-state index in [1.165, 1.54) is 19.4 Å². The van der Waals surface area contributed by atoms with Gasteiger partial charge >= 0.3 is 0 Å². The smallest absolute Gasteiger partial charge is 0.0587 e. The van der Waals surface area contributed by atoms with Gasteiger partial charge in [0.05, 0.1) is 12.1 Å². The van der Waals surface area contributed by atoms with E-state index in [9.17, 15) is 0 Å². The molecule has 0 fully saturated rings. The van der Waals surface area contributed by atoms with E-state index >= 15 is 0 Å². The lowest BCUT2D eigenvalue weighted by Crippen LogP contribution is -1.62. The summed E-state index contributed by atoms with van der Waals surface area (Å²) in [6.45, 7) is 4.94. The molecule has 0 spiro atoms. The van der Waals surface area contributed by atoms with Gasteiger partial charge in [0.25, 0.3) is 0 Å². The lowest BCUT2D eigenvalue weighted by molar-refractivity contribution is 1.48. The molecule has 0 aliphatic rings. The molecule has 68 valence electrons. The van der Waals surface area contributed by atoms with Crippen LogP contribution in [0.2, 0.25) is 0 Å². The third-order valence-corrected chi connectivity index (χ3v) is 0.940. The first-order valence-electron chi connectivity index (χ1n) is 3.86. The van der Waals surface area contributed by atoms with Gasteiger partial charge in [0, 0.05) is 13.8 Å².